The predicted molar refractivity (Wildman–Crippen MR) is 126 cm³/mol. The molecule has 0 spiro atoms. The van der Waals surface area contributed by atoms with Gasteiger partial charge in [-0.05, 0) is 37.5 Å². The van der Waals surface area contributed by atoms with Gasteiger partial charge < -0.3 is 15.5 Å². The van der Waals surface area contributed by atoms with Gasteiger partial charge in [-0.25, -0.2) is 0 Å². The summed E-state index contributed by atoms with van der Waals surface area (Å²) in [5, 5.41) is 13.8. The predicted octanol–water partition coefficient (Wildman–Crippen LogP) is 3.27. The van der Waals surface area contributed by atoms with Crippen LogP contribution < -0.4 is 10.6 Å². The highest BCUT2D eigenvalue weighted by Gasteiger charge is 2.30. The van der Waals surface area contributed by atoms with Gasteiger partial charge in [0.05, 0.1) is 5.92 Å². The summed E-state index contributed by atoms with van der Waals surface area (Å²) in [6.07, 6.45) is 1.46. The summed E-state index contributed by atoms with van der Waals surface area (Å²) in [5.41, 5.74) is 2.76. The zero-order valence-electron chi connectivity index (χ0n) is 18.3. The first kappa shape index (κ1) is 22.6. The van der Waals surface area contributed by atoms with Crippen LogP contribution in [0.5, 0.6) is 0 Å². The number of piperidine rings is 1. The van der Waals surface area contributed by atoms with E-state index in [0.29, 0.717) is 25.3 Å². The van der Waals surface area contributed by atoms with Crippen molar-refractivity contribution in [3.63, 3.8) is 0 Å². The van der Waals surface area contributed by atoms with Crippen LogP contribution in [0, 0.1) is 12.8 Å². The number of hydrogen-bond donors (Lipinski definition) is 2. The van der Waals surface area contributed by atoms with Gasteiger partial charge in [0.25, 0.3) is 11.8 Å². The summed E-state index contributed by atoms with van der Waals surface area (Å²) in [6.45, 7) is 3.29. The molecule has 8 nitrogen and oxygen atoms in total. The van der Waals surface area contributed by atoms with Crippen LogP contribution in [0.4, 0.5) is 5.69 Å². The van der Waals surface area contributed by atoms with E-state index >= 15 is 0 Å². The number of anilines is 1. The maximum Gasteiger partial charge on any atom is 0.286 e. The number of carbonyl (C=O) groups is 3. The van der Waals surface area contributed by atoms with Crippen LogP contribution in [0.2, 0.25) is 0 Å². The van der Waals surface area contributed by atoms with Gasteiger partial charge >= 0.3 is 0 Å². The molecule has 1 unspecified atom stereocenters. The molecule has 1 atom stereocenters. The van der Waals surface area contributed by atoms with E-state index in [9.17, 15) is 14.4 Å². The second kappa shape index (κ2) is 10.4. The van der Waals surface area contributed by atoms with Crippen molar-refractivity contribution in [1.29, 1.82) is 0 Å². The summed E-state index contributed by atoms with van der Waals surface area (Å²) < 4.78 is 0. The van der Waals surface area contributed by atoms with Crippen LogP contribution in [-0.4, -0.2) is 45.9 Å². The van der Waals surface area contributed by atoms with Crippen molar-refractivity contribution in [2.24, 2.45) is 5.92 Å². The first-order chi connectivity index (χ1) is 16.0. The molecule has 9 heteroatoms. The minimum atomic E-state index is -0.410. The van der Waals surface area contributed by atoms with Gasteiger partial charge in [-0.3, -0.25) is 14.4 Å². The third-order valence-electron chi connectivity index (χ3n) is 5.50. The van der Waals surface area contributed by atoms with E-state index in [1.807, 2.05) is 49.4 Å². The molecule has 3 aromatic rings. The van der Waals surface area contributed by atoms with Crippen molar-refractivity contribution in [3.8, 4) is 0 Å². The lowest BCUT2D eigenvalue weighted by Gasteiger charge is -2.31. The second-order valence-corrected chi connectivity index (χ2v) is 9.00. The van der Waals surface area contributed by atoms with Crippen LogP contribution in [0.3, 0.4) is 0 Å². The average Bonchev–Trinajstić information content (AvgIpc) is 3.35. The van der Waals surface area contributed by atoms with Crippen LogP contribution in [0.1, 0.15) is 43.6 Å². The number of benzene rings is 2. The third kappa shape index (κ3) is 5.81. The monoisotopic (exact) mass is 463 g/mol. The fourth-order valence-corrected chi connectivity index (χ4v) is 4.37. The van der Waals surface area contributed by atoms with Gasteiger partial charge in [-0.15, -0.1) is 10.2 Å². The smallest absolute Gasteiger partial charge is 0.286 e. The van der Waals surface area contributed by atoms with Crippen LogP contribution in [-0.2, 0) is 11.3 Å². The molecule has 33 heavy (non-hydrogen) atoms. The first-order valence-electron chi connectivity index (χ1n) is 10.8. The number of carbonyl (C=O) groups excluding carboxylic acids is 3. The number of hydrogen-bond acceptors (Lipinski definition) is 6. The van der Waals surface area contributed by atoms with Crippen LogP contribution in [0.15, 0.2) is 54.6 Å². The van der Waals surface area contributed by atoms with Crippen molar-refractivity contribution in [3.05, 3.63) is 75.7 Å². The molecule has 0 radical (unpaired) electrons. The number of likely N-dealkylation sites (tertiary alicyclic amines) is 1. The highest BCUT2D eigenvalue weighted by Crippen LogP contribution is 2.21. The summed E-state index contributed by atoms with van der Waals surface area (Å²) in [6, 6.07) is 17.1. The Balaban J connectivity index is 1.33. The van der Waals surface area contributed by atoms with Crippen LogP contribution in [0.25, 0.3) is 0 Å². The van der Waals surface area contributed by atoms with E-state index in [0.717, 1.165) is 35.3 Å². The Hall–Kier alpha value is -3.59. The Kier molecular flexibility index (Phi) is 7.09. The highest BCUT2D eigenvalue weighted by molar-refractivity contribution is 7.15. The number of nitrogens with zero attached hydrogens (tertiary/aromatic N) is 3. The molecule has 2 aromatic carbocycles. The largest absolute Gasteiger partial charge is 0.352 e. The zero-order chi connectivity index (χ0) is 23.2. The second-order valence-electron chi connectivity index (χ2n) is 8.03. The molecule has 1 aliphatic rings. The van der Waals surface area contributed by atoms with E-state index in [1.165, 1.54) is 0 Å². The normalized spacial score (nSPS) is 15.7. The topological polar surface area (TPSA) is 104 Å². The van der Waals surface area contributed by atoms with Gasteiger partial charge in [0.1, 0.15) is 0 Å². The summed E-state index contributed by atoms with van der Waals surface area (Å²) in [7, 11) is 0. The Bertz CT molecular complexity index is 1130. The van der Waals surface area contributed by atoms with Crippen molar-refractivity contribution in [2.75, 3.05) is 18.4 Å². The Labute approximate surface area is 196 Å². The zero-order valence-corrected chi connectivity index (χ0v) is 19.1. The quantitative estimate of drug-likeness (QED) is 0.584. The van der Waals surface area contributed by atoms with Gasteiger partial charge in [-0.2, -0.15) is 0 Å². The van der Waals surface area contributed by atoms with Crippen molar-refractivity contribution < 1.29 is 14.4 Å². The Morgan fingerprint density at radius 1 is 1.03 bits per heavy atom. The highest BCUT2D eigenvalue weighted by atomic mass is 32.1. The number of amides is 3. The summed E-state index contributed by atoms with van der Waals surface area (Å²) >= 11 is 0.956. The number of aromatic nitrogens is 2. The van der Waals surface area contributed by atoms with E-state index < -0.39 is 5.91 Å². The molecule has 0 aliphatic carbocycles. The molecule has 1 saturated heterocycles. The van der Waals surface area contributed by atoms with Crippen LogP contribution >= 0.6 is 11.3 Å². The van der Waals surface area contributed by atoms with Crippen molar-refractivity contribution in [1.82, 2.24) is 20.4 Å². The third-order valence-corrected chi connectivity index (χ3v) is 6.41. The van der Waals surface area contributed by atoms with Crippen molar-refractivity contribution in [2.45, 2.75) is 26.3 Å². The summed E-state index contributed by atoms with van der Waals surface area (Å²) in [5.74, 6) is -1.05. The number of rotatable bonds is 6. The fraction of sp³-hybridized carbons (Fsp3) is 0.292. The Morgan fingerprint density at radius 2 is 1.76 bits per heavy atom. The lowest BCUT2D eigenvalue weighted by Crippen LogP contribution is -2.45. The maximum atomic E-state index is 12.9. The molecule has 2 heterocycles. The molecule has 1 aliphatic heterocycles. The molecule has 1 aromatic heterocycles. The van der Waals surface area contributed by atoms with E-state index in [1.54, 1.807) is 17.0 Å². The van der Waals surface area contributed by atoms with E-state index in [4.69, 9.17) is 0 Å². The molecule has 1 fully saturated rings. The summed E-state index contributed by atoms with van der Waals surface area (Å²) in [4.78, 5) is 39.7. The lowest BCUT2D eigenvalue weighted by atomic mass is 9.97. The molecule has 4 rings (SSSR count). The molecule has 2 N–H and O–H groups in total. The van der Waals surface area contributed by atoms with Crippen molar-refractivity contribution >= 4 is 34.7 Å². The number of aryl methyl sites for hydroxylation is 1. The fourth-order valence-electron chi connectivity index (χ4n) is 3.66. The van der Waals surface area contributed by atoms with E-state index in [2.05, 4.69) is 20.8 Å². The lowest BCUT2D eigenvalue weighted by molar-refractivity contribution is -0.126. The molecule has 0 saturated carbocycles. The molecule has 3 amide bonds. The minimum Gasteiger partial charge on any atom is -0.352 e. The molecular weight excluding hydrogens is 438 g/mol. The maximum absolute atomic E-state index is 12.9. The van der Waals surface area contributed by atoms with Gasteiger partial charge in [0.15, 0.2) is 0 Å². The van der Waals surface area contributed by atoms with Gasteiger partial charge in [0, 0.05) is 25.3 Å². The van der Waals surface area contributed by atoms with Gasteiger partial charge in [0.2, 0.25) is 15.9 Å². The number of nitrogens with one attached hydrogen (secondary N) is 2. The molecule has 170 valence electrons. The SMILES string of the molecule is Cc1ccc(NC(=O)c2nnc(C(=O)N3CCCC(C(=O)NCc4ccccc4)C3)s2)cc1. The standard InChI is InChI=1S/C24H25N5O3S/c1-16-9-11-19(12-10-16)26-21(31)22-27-28-23(33-22)24(32)29-13-5-8-18(15-29)20(30)25-14-17-6-3-2-4-7-17/h2-4,6-7,9-12,18H,5,8,13-15H2,1H3,(H,25,30)(H,26,31). The molecule has 0 bridgehead atoms. The Morgan fingerprint density at radius 3 is 2.52 bits per heavy atom. The van der Waals surface area contributed by atoms with E-state index in [-0.39, 0.29) is 27.7 Å². The average molecular weight is 464 g/mol. The minimum absolute atomic E-state index is 0.0632. The molecular formula is C24H25N5O3S. The first-order valence-corrected chi connectivity index (χ1v) is 11.6. The van der Waals surface area contributed by atoms with Gasteiger partial charge in [-0.1, -0.05) is 59.4 Å².